The molecule has 6 heteroatoms. The molecule has 0 spiro atoms. The van der Waals surface area contributed by atoms with Gasteiger partial charge >= 0.3 is 0 Å². The Bertz CT molecular complexity index is 995. The maximum Gasteiger partial charge on any atom is 0.161 e. The molecule has 3 rings (SSSR count). The van der Waals surface area contributed by atoms with Crippen LogP contribution >= 0.6 is 11.6 Å². The maximum atomic E-state index is 11.7. The zero-order valence-electron chi connectivity index (χ0n) is 16.4. The lowest BCUT2D eigenvalue weighted by Gasteiger charge is -2.21. The van der Waals surface area contributed by atoms with E-state index >= 15 is 0 Å². The van der Waals surface area contributed by atoms with E-state index in [4.69, 9.17) is 26.2 Å². The molecule has 0 unspecified atom stereocenters. The molecule has 0 amide bonds. The van der Waals surface area contributed by atoms with Gasteiger partial charge in [-0.25, -0.2) is 4.68 Å². The fourth-order valence-electron chi connectivity index (χ4n) is 2.65. The molecule has 0 aliphatic rings. The minimum atomic E-state index is -0.865. The van der Waals surface area contributed by atoms with Crippen molar-refractivity contribution in [3.8, 4) is 22.7 Å². The van der Waals surface area contributed by atoms with Crippen molar-refractivity contribution in [3.63, 3.8) is 0 Å². The summed E-state index contributed by atoms with van der Waals surface area (Å²) in [7, 11) is 1.64. The summed E-state index contributed by atoms with van der Waals surface area (Å²) in [6.07, 6.45) is 0. The van der Waals surface area contributed by atoms with Crippen LogP contribution in [0.2, 0.25) is 5.02 Å². The van der Waals surface area contributed by atoms with Crippen LogP contribution < -0.4 is 4.74 Å². The molecule has 0 fully saturated rings. The third-order valence-corrected chi connectivity index (χ3v) is 4.84. The monoisotopic (exact) mass is 398 g/mol. The standard InChI is InChI=1S/C22H23ClN2O3/c1-15(26)22(2,3)28-14-18-13-21(16-7-5-10-20(11-16)27-4)25(24-18)19-9-6-8-17(23)12-19/h5-13H,14H2,1-4H3. The first-order valence-electron chi connectivity index (χ1n) is 8.94. The number of ether oxygens (including phenoxy) is 2. The second-order valence-electron chi connectivity index (χ2n) is 7.00. The van der Waals surface area contributed by atoms with Crippen LogP contribution in [0.5, 0.6) is 5.75 Å². The number of Topliss-reactive ketones (excluding diaryl/α,β-unsaturated/α-hetero) is 1. The fraction of sp³-hybridized carbons (Fsp3) is 0.273. The van der Waals surface area contributed by atoms with Gasteiger partial charge in [0.05, 0.1) is 30.8 Å². The van der Waals surface area contributed by atoms with Gasteiger partial charge in [-0.1, -0.05) is 29.8 Å². The van der Waals surface area contributed by atoms with E-state index in [1.807, 2.05) is 59.3 Å². The highest BCUT2D eigenvalue weighted by atomic mass is 35.5. The van der Waals surface area contributed by atoms with E-state index in [9.17, 15) is 4.79 Å². The molecule has 3 aromatic rings. The molecule has 1 heterocycles. The fourth-order valence-corrected chi connectivity index (χ4v) is 2.83. The summed E-state index contributed by atoms with van der Waals surface area (Å²) in [5.74, 6) is 0.724. The number of nitrogens with zero attached hydrogens (tertiary/aromatic N) is 2. The first-order chi connectivity index (χ1) is 13.3. The molecule has 1 aromatic heterocycles. The van der Waals surface area contributed by atoms with E-state index in [0.717, 1.165) is 22.7 Å². The van der Waals surface area contributed by atoms with Crippen LogP contribution in [0.15, 0.2) is 54.6 Å². The normalized spacial score (nSPS) is 11.5. The predicted octanol–water partition coefficient (Wildman–Crippen LogP) is 5.09. The number of rotatable bonds is 7. The van der Waals surface area contributed by atoms with E-state index in [1.54, 1.807) is 21.0 Å². The molecule has 0 saturated heterocycles. The van der Waals surface area contributed by atoms with Crippen LogP contribution in [0.25, 0.3) is 16.9 Å². The van der Waals surface area contributed by atoms with Crippen LogP contribution in [0, 0.1) is 0 Å². The molecule has 0 saturated carbocycles. The Morgan fingerprint density at radius 2 is 1.89 bits per heavy atom. The highest BCUT2D eigenvalue weighted by Crippen LogP contribution is 2.28. The predicted molar refractivity (Wildman–Crippen MR) is 110 cm³/mol. The van der Waals surface area contributed by atoms with Crippen molar-refractivity contribution >= 4 is 17.4 Å². The zero-order chi connectivity index (χ0) is 20.3. The Balaban J connectivity index is 2.03. The van der Waals surface area contributed by atoms with Crippen molar-refractivity contribution in [2.45, 2.75) is 33.0 Å². The molecule has 0 atom stereocenters. The molecule has 28 heavy (non-hydrogen) atoms. The lowest BCUT2D eigenvalue weighted by Crippen LogP contribution is -2.32. The summed E-state index contributed by atoms with van der Waals surface area (Å²) in [6.45, 7) is 5.25. The zero-order valence-corrected chi connectivity index (χ0v) is 17.2. The smallest absolute Gasteiger partial charge is 0.161 e. The molecule has 0 N–H and O–H groups in total. The Morgan fingerprint density at radius 1 is 1.14 bits per heavy atom. The minimum Gasteiger partial charge on any atom is -0.497 e. The quantitative estimate of drug-likeness (QED) is 0.556. The molecule has 0 aliphatic heterocycles. The molecule has 5 nitrogen and oxygen atoms in total. The number of carbonyl (C=O) groups excluding carboxylic acids is 1. The van der Waals surface area contributed by atoms with Crippen LogP contribution in [-0.4, -0.2) is 28.3 Å². The highest BCUT2D eigenvalue weighted by Gasteiger charge is 2.25. The van der Waals surface area contributed by atoms with Gasteiger partial charge in [0.2, 0.25) is 0 Å². The summed E-state index contributed by atoms with van der Waals surface area (Å²) in [5.41, 5.74) is 2.51. The number of methoxy groups -OCH3 is 1. The van der Waals surface area contributed by atoms with Gasteiger partial charge in [0, 0.05) is 10.6 Å². The van der Waals surface area contributed by atoms with Crippen molar-refractivity contribution in [2.24, 2.45) is 0 Å². The van der Waals surface area contributed by atoms with Crippen molar-refractivity contribution in [1.29, 1.82) is 0 Å². The summed E-state index contributed by atoms with van der Waals surface area (Å²) in [5, 5.41) is 5.32. The van der Waals surface area contributed by atoms with E-state index in [1.165, 1.54) is 6.92 Å². The Hall–Kier alpha value is -2.63. The number of hydrogen-bond acceptors (Lipinski definition) is 4. The summed E-state index contributed by atoms with van der Waals surface area (Å²) in [6, 6.07) is 17.2. The van der Waals surface area contributed by atoms with E-state index < -0.39 is 5.60 Å². The Morgan fingerprint density at radius 3 is 2.57 bits per heavy atom. The number of hydrogen-bond donors (Lipinski definition) is 0. The van der Waals surface area contributed by atoms with Gasteiger partial charge in [0.25, 0.3) is 0 Å². The summed E-state index contributed by atoms with van der Waals surface area (Å²) in [4.78, 5) is 11.7. The highest BCUT2D eigenvalue weighted by molar-refractivity contribution is 6.30. The lowest BCUT2D eigenvalue weighted by molar-refractivity contribution is -0.139. The summed E-state index contributed by atoms with van der Waals surface area (Å²) < 4.78 is 13.0. The summed E-state index contributed by atoms with van der Waals surface area (Å²) >= 11 is 6.18. The van der Waals surface area contributed by atoms with Crippen LogP contribution in [0.1, 0.15) is 26.5 Å². The molecule has 146 valence electrons. The molecule has 0 bridgehead atoms. The second-order valence-corrected chi connectivity index (χ2v) is 7.44. The average Bonchev–Trinajstić information content (AvgIpc) is 3.11. The van der Waals surface area contributed by atoms with Gasteiger partial charge in [0.1, 0.15) is 11.4 Å². The van der Waals surface area contributed by atoms with Gasteiger partial charge < -0.3 is 9.47 Å². The first kappa shape index (κ1) is 20.1. The molecule has 2 aromatic carbocycles. The van der Waals surface area contributed by atoms with Gasteiger partial charge in [-0.3, -0.25) is 4.79 Å². The third-order valence-electron chi connectivity index (χ3n) is 4.61. The van der Waals surface area contributed by atoms with Crippen LogP contribution in [0.3, 0.4) is 0 Å². The van der Waals surface area contributed by atoms with Crippen LogP contribution in [0.4, 0.5) is 0 Å². The van der Waals surface area contributed by atoms with E-state index in [0.29, 0.717) is 10.7 Å². The largest absolute Gasteiger partial charge is 0.497 e. The molecule has 0 aliphatic carbocycles. The average molecular weight is 399 g/mol. The number of benzene rings is 2. The number of halogens is 1. The van der Waals surface area contributed by atoms with Crippen molar-refractivity contribution < 1.29 is 14.3 Å². The van der Waals surface area contributed by atoms with Crippen molar-refractivity contribution in [2.75, 3.05) is 7.11 Å². The molecular weight excluding hydrogens is 376 g/mol. The minimum absolute atomic E-state index is 0.0326. The SMILES string of the molecule is COc1cccc(-c2cc(COC(C)(C)C(C)=O)nn2-c2cccc(Cl)c2)c1. The van der Waals surface area contributed by atoms with Crippen molar-refractivity contribution in [1.82, 2.24) is 9.78 Å². The van der Waals surface area contributed by atoms with Crippen molar-refractivity contribution in [3.05, 3.63) is 65.3 Å². The number of ketones is 1. The molecule has 0 radical (unpaired) electrons. The molecular formula is C22H23ClN2O3. The van der Waals surface area contributed by atoms with Crippen LogP contribution in [-0.2, 0) is 16.1 Å². The first-order valence-corrected chi connectivity index (χ1v) is 9.32. The lowest BCUT2D eigenvalue weighted by atomic mass is 10.1. The van der Waals surface area contributed by atoms with Gasteiger partial charge in [0.15, 0.2) is 5.78 Å². The number of carbonyl (C=O) groups is 1. The second kappa shape index (κ2) is 8.17. The van der Waals surface area contributed by atoms with Gasteiger partial charge in [-0.15, -0.1) is 0 Å². The Labute approximate surface area is 169 Å². The Kier molecular flexibility index (Phi) is 5.87. The topological polar surface area (TPSA) is 53.4 Å². The van der Waals surface area contributed by atoms with Gasteiger partial charge in [-0.05, 0) is 57.2 Å². The van der Waals surface area contributed by atoms with E-state index in [-0.39, 0.29) is 12.4 Å². The maximum absolute atomic E-state index is 11.7. The van der Waals surface area contributed by atoms with Gasteiger partial charge in [-0.2, -0.15) is 5.10 Å². The van der Waals surface area contributed by atoms with E-state index in [2.05, 4.69) is 0 Å². The number of aromatic nitrogens is 2. The third kappa shape index (κ3) is 4.43.